The summed E-state index contributed by atoms with van der Waals surface area (Å²) in [7, 11) is 1.37. The van der Waals surface area contributed by atoms with Crippen LogP contribution in [0.5, 0.6) is 5.75 Å². The summed E-state index contributed by atoms with van der Waals surface area (Å²) in [5.41, 5.74) is 1.66. The number of likely N-dealkylation sites (tertiary alicyclic amines) is 1. The van der Waals surface area contributed by atoms with E-state index >= 15 is 0 Å². The fraction of sp³-hybridized carbons (Fsp3) is 0.407. The third-order valence-electron chi connectivity index (χ3n) is 6.77. The number of hydrogen-bond donors (Lipinski definition) is 0. The molecule has 0 aromatic heterocycles. The molecule has 2 fully saturated rings. The zero-order valence-electron chi connectivity index (χ0n) is 19.7. The molecule has 1 amide bonds. The molecule has 2 aromatic carbocycles. The summed E-state index contributed by atoms with van der Waals surface area (Å²) in [6.07, 6.45) is 3.02. The van der Waals surface area contributed by atoms with Crippen LogP contribution in [0, 0.1) is 5.92 Å². The highest BCUT2D eigenvalue weighted by Gasteiger charge is 2.58. The monoisotopic (exact) mass is 464 g/mol. The summed E-state index contributed by atoms with van der Waals surface area (Å²) in [5.74, 6) is -0.196. The van der Waals surface area contributed by atoms with E-state index in [-0.39, 0.29) is 24.9 Å². The van der Waals surface area contributed by atoms with Crippen molar-refractivity contribution in [3.05, 3.63) is 78.4 Å². The van der Waals surface area contributed by atoms with Gasteiger partial charge < -0.3 is 9.47 Å². The molecule has 1 atom stereocenters. The molecule has 0 aliphatic carbocycles. The van der Waals surface area contributed by atoms with Gasteiger partial charge >= 0.3 is 5.97 Å². The molecular formula is C27H32N2O5. The van der Waals surface area contributed by atoms with Gasteiger partial charge in [-0.15, -0.1) is 6.58 Å². The number of esters is 1. The van der Waals surface area contributed by atoms with Gasteiger partial charge in [-0.25, -0.2) is 5.06 Å². The molecule has 7 heteroatoms. The number of amides is 1. The first kappa shape index (κ1) is 24.0. The van der Waals surface area contributed by atoms with Gasteiger partial charge in [0.15, 0.2) is 0 Å². The number of hydroxylamine groups is 2. The normalized spacial score (nSPS) is 19.9. The van der Waals surface area contributed by atoms with E-state index < -0.39 is 11.5 Å². The fourth-order valence-electron chi connectivity index (χ4n) is 4.95. The predicted molar refractivity (Wildman–Crippen MR) is 128 cm³/mol. The second kappa shape index (κ2) is 10.8. The first-order valence-electron chi connectivity index (χ1n) is 11.7. The Bertz CT molecular complexity index is 984. The third kappa shape index (κ3) is 5.16. The molecule has 2 saturated heterocycles. The number of piperidine rings is 1. The van der Waals surface area contributed by atoms with Crippen LogP contribution < -0.4 is 4.74 Å². The van der Waals surface area contributed by atoms with Crippen molar-refractivity contribution in [3.8, 4) is 5.75 Å². The van der Waals surface area contributed by atoms with E-state index in [0.717, 1.165) is 30.9 Å². The van der Waals surface area contributed by atoms with Crippen molar-refractivity contribution in [2.45, 2.75) is 38.0 Å². The minimum absolute atomic E-state index is 0.119. The lowest BCUT2D eigenvalue weighted by Gasteiger charge is -2.45. The quantitative estimate of drug-likeness (QED) is 0.416. The molecule has 0 radical (unpaired) electrons. The van der Waals surface area contributed by atoms with Crippen LogP contribution in [0.15, 0.2) is 67.3 Å². The number of ether oxygens (including phenoxy) is 2. The van der Waals surface area contributed by atoms with Crippen molar-refractivity contribution in [2.24, 2.45) is 5.92 Å². The van der Waals surface area contributed by atoms with E-state index in [9.17, 15) is 9.59 Å². The topological polar surface area (TPSA) is 68.3 Å². The number of rotatable bonds is 9. The van der Waals surface area contributed by atoms with Crippen LogP contribution in [0.25, 0.3) is 0 Å². The van der Waals surface area contributed by atoms with Crippen LogP contribution >= 0.6 is 0 Å². The minimum Gasteiger partial charge on any atom is -0.489 e. The van der Waals surface area contributed by atoms with Crippen LogP contribution in [0.4, 0.5) is 0 Å². The molecule has 1 spiro atoms. The number of hydrogen-bond acceptors (Lipinski definition) is 6. The van der Waals surface area contributed by atoms with E-state index in [4.69, 9.17) is 14.3 Å². The number of nitrogens with zero attached hydrogens (tertiary/aromatic N) is 2. The summed E-state index contributed by atoms with van der Waals surface area (Å²) in [5, 5.41) is 1.44. The highest BCUT2D eigenvalue weighted by Crippen LogP contribution is 2.44. The van der Waals surface area contributed by atoms with Crippen molar-refractivity contribution in [2.75, 3.05) is 26.8 Å². The lowest BCUT2D eigenvalue weighted by Crippen LogP contribution is -2.57. The molecule has 34 heavy (non-hydrogen) atoms. The van der Waals surface area contributed by atoms with E-state index in [1.165, 1.54) is 17.7 Å². The Morgan fingerprint density at radius 3 is 2.44 bits per heavy atom. The molecule has 180 valence electrons. The molecule has 1 unspecified atom stereocenters. The Hall–Kier alpha value is -3.16. The molecule has 0 N–H and O–H groups in total. The van der Waals surface area contributed by atoms with Crippen LogP contribution in [-0.2, 0) is 32.3 Å². The van der Waals surface area contributed by atoms with Crippen molar-refractivity contribution >= 4 is 11.9 Å². The fourth-order valence-corrected chi connectivity index (χ4v) is 4.95. The van der Waals surface area contributed by atoms with Crippen molar-refractivity contribution in [3.63, 3.8) is 0 Å². The zero-order chi connectivity index (χ0) is 24.0. The number of methoxy groups -OCH3 is 1. The average molecular weight is 465 g/mol. The second-order valence-corrected chi connectivity index (χ2v) is 8.85. The lowest BCUT2D eigenvalue weighted by molar-refractivity contribution is -0.218. The summed E-state index contributed by atoms with van der Waals surface area (Å²) in [6.45, 7) is 6.73. The van der Waals surface area contributed by atoms with Gasteiger partial charge in [0.25, 0.3) is 0 Å². The average Bonchev–Trinajstić information content (AvgIpc) is 3.14. The standard InChI is InChI=1S/C27H32N2O5/c1-3-17-34-29-25(30)18-24(26(31)32-2)27(29)13-15-28(16-14-27)19-21-9-11-23(12-10-21)33-20-22-7-5-4-6-8-22/h3-12,24H,1,13-20H2,2H3. The maximum Gasteiger partial charge on any atom is 0.311 e. The molecule has 4 rings (SSSR count). The first-order chi connectivity index (χ1) is 16.6. The lowest BCUT2D eigenvalue weighted by atomic mass is 9.77. The Morgan fingerprint density at radius 2 is 1.79 bits per heavy atom. The molecule has 2 heterocycles. The SMILES string of the molecule is C=CCON1C(=O)CC(C(=O)OC)C12CCN(Cc1ccc(OCc3ccccc3)cc1)CC2. The van der Waals surface area contributed by atoms with E-state index in [0.29, 0.717) is 19.4 Å². The van der Waals surface area contributed by atoms with Crippen molar-refractivity contribution in [1.29, 1.82) is 0 Å². The molecule has 0 bridgehead atoms. The minimum atomic E-state index is -0.668. The summed E-state index contributed by atoms with van der Waals surface area (Å²) in [4.78, 5) is 33.2. The van der Waals surface area contributed by atoms with E-state index in [2.05, 4.69) is 23.6 Å². The van der Waals surface area contributed by atoms with E-state index in [1.54, 1.807) is 6.08 Å². The van der Waals surface area contributed by atoms with Gasteiger partial charge in [-0.1, -0.05) is 48.5 Å². The highest BCUT2D eigenvalue weighted by molar-refractivity contribution is 5.88. The molecule has 0 saturated carbocycles. The van der Waals surface area contributed by atoms with Crippen LogP contribution in [-0.4, -0.2) is 54.2 Å². The predicted octanol–water partition coefficient (Wildman–Crippen LogP) is 3.74. The summed E-state index contributed by atoms with van der Waals surface area (Å²) < 4.78 is 10.9. The zero-order valence-corrected chi connectivity index (χ0v) is 19.7. The van der Waals surface area contributed by atoms with Gasteiger partial charge in [0.1, 0.15) is 12.4 Å². The Balaban J connectivity index is 1.36. The van der Waals surface area contributed by atoms with Crippen LogP contribution in [0.3, 0.4) is 0 Å². The van der Waals surface area contributed by atoms with Crippen molar-refractivity contribution in [1.82, 2.24) is 9.96 Å². The van der Waals surface area contributed by atoms with Crippen molar-refractivity contribution < 1.29 is 23.9 Å². The van der Waals surface area contributed by atoms with Gasteiger partial charge in [0.05, 0.1) is 25.2 Å². The largest absolute Gasteiger partial charge is 0.489 e. The number of carbonyl (C=O) groups is 2. The molecule has 2 aromatic rings. The maximum atomic E-state index is 12.7. The molecule has 7 nitrogen and oxygen atoms in total. The van der Waals surface area contributed by atoms with Gasteiger partial charge in [-0.2, -0.15) is 0 Å². The molecule has 2 aliphatic heterocycles. The smallest absolute Gasteiger partial charge is 0.311 e. The maximum absolute atomic E-state index is 12.7. The number of carbonyl (C=O) groups excluding carboxylic acids is 2. The van der Waals surface area contributed by atoms with Gasteiger partial charge in [-0.05, 0) is 36.1 Å². The first-order valence-corrected chi connectivity index (χ1v) is 11.7. The Labute approximate surface area is 200 Å². The highest BCUT2D eigenvalue weighted by atomic mass is 16.7. The second-order valence-electron chi connectivity index (χ2n) is 8.85. The Kier molecular flexibility index (Phi) is 7.65. The molecule has 2 aliphatic rings. The van der Waals surface area contributed by atoms with Gasteiger partial charge in [0, 0.05) is 26.1 Å². The van der Waals surface area contributed by atoms with Gasteiger partial charge in [0.2, 0.25) is 5.91 Å². The summed E-state index contributed by atoms with van der Waals surface area (Å²) >= 11 is 0. The third-order valence-corrected chi connectivity index (χ3v) is 6.77. The van der Waals surface area contributed by atoms with Crippen LogP contribution in [0.2, 0.25) is 0 Å². The number of benzene rings is 2. The summed E-state index contributed by atoms with van der Waals surface area (Å²) in [6, 6.07) is 18.3. The van der Waals surface area contributed by atoms with Gasteiger partial charge in [-0.3, -0.25) is 19.3 Å². The van der Waals surface area contributed by atoms with Crippen LogP contribution in [0.1, 0.15) is 30.4 Å². The van der Waals surface area contributed by atoms with E-state index in [1.807, 2.05) is 42.5 Å². The molecular weight excluding hydrogens is 432 g/mol. The Morgan fingerprint density at radius 1 is 1.09 bits per heavy atom.